The van der Waals surface area contributed by atoms with E-state index in [1.54, 1.807) is 48.5 Å². The molecule has 2 heterocycles. The predicted molar refractivity (Wildman–Crippen MR) is 197 cm³/mol. The van der Waals surface area contributed by atoms with Crippen LogP contribution in [-0.2, 0) is 24.6 Å². The van der Waals surface area contributed by atoms with Crippen molar-refractivity contribution in [3.63, 3.8) is 0 Å². The smallest absolute Gasteiger partial charge is 0.260 e. The summed E-state index contributed by atoms with van der Waals surface area (Å²) < 4.78 is 26.5. The van der Waals surface area contributed by atoms with Gasteiger partial charge in [0.25, 0.3) is 11.8 Å². The summed E-state index contributed by atoms with van der Waals surface area (Å²) in [6.45, 7) is 0. The summed E-state index contributed by atoms with van der Waals surface area (Å²) in [5, 5.41) is 12.1. The van der Waals surface area contributed by atoms with Crippen LogP contribution in [0.15, 0.2) is 101 Å². The Bertz CT molecular complexity index is 2190. The van der Waals surface area contributed by atoms with Crippen molar-refractivity contribution in [1.82, 2.24) is 5.01 Å². The van der Waals surface area contributed by atoms with Gasteiger partial charge in [-0.1, -0.05) is 51.3 Å². The van der Waals surface area contributed by atoms with Crippen LogP contribution >= 0.6 is 27.5 Å². The van der Waals surface area contributed by atoms with E-state index in [1.807, 2.05) is 6.08 Å². The van der Waals surface area contributed by atoms with Gasteiger partial charge in [-0.15, -0.1) is 0 Å². The minimum absolute atomic E-state index is 0.0498. The molecule has 270 valence electrons. The Morgan fingerprint density at radius 3 is 2.13 bits per heavy atom. The molecule has 4 aliphatic rings. The first-order valence-electron chi connectivity index (χ1n) is 16.9. The van der Waals surface area contributed by atoms with Crippen LogP contribution in [0.25, 0.3) is 0 Å². The molecule has 0 bridgehead atoms. The molecular formula is C40H32BrClFN3O7. The van der Waals surface area contributed by atoms with Gasteiger partial charge >= 0.3 is 0 Å². The van der Waals surface area contributed by atoms with Crippen LogP contribution in [0.1, 0.15) is 29.9 Å². The van der Waals surface area contributed by atoms with Gasteiger partial charge in [0.1, 0.15) is 23.1 Å². The standard InChI is InChI=1S/C40H32BrClFN3O7/c1-52-31-17-26(47)18-32(53-2)34(31)35-27-15-16-28-33(38(50)45(36(28)48)25-13-5-21(41)6-14-25)29(27)19-30-37(49)46(44-24-11-9-23(43)10-12-24)39(51)40(30,35)20-3-7-22(42)8-4-20/h3-15,17-18,28-30,33,35,44,47H,16,19H2,1-2H3/t28-,29+,30-,33-,35+,40+/m0/s1. The molecule has 0 radical (unpaired) electrons. The highest BCUT2D eigenvalue weighted by Gasteiger charge is 2.71. The first-order valence-corrected chi connectivity index (χ1v) is 18.1. The highest BCUT2D eigenvalue weighted by Crippen LogP contribution is 2.66. The number of benzene rings is 4. The quantitative estimate of drug-likeness (QED) is 0.149. The number of nitrogens with one attached hydrogen (secondary N) is 1. The van der Waals surface area contributed by atoms with Crippen molar-refractivity contribution in [3.8, 4) is 17.2 Å². The van der Waals surface area contributed by atoms with E-state index < -0.39 is 58.5 Å². The van der Waals surface area contributed by atoms with Gasteiger partial charge in [0.2, 0.25) is 11.8 Å². The number of nitrogens with zero attached hydrogens (tertiary/aromatic N) is 2. The van der Waals surface area contributed by atoms with Gasteiger partial charge in [-0.3, -0.25) is 29.5 Å². The number of carbonyl (C=O) groups excluding carboxylic acids is 4. The molecule has 53 heavy (non-hydrogen) atoms. The lowest BCUT2D eigenvalue weighted by atomic mass is 9.49. The van der Waals surface area contributed by atoms with Gasteiger partial charge in [-0.2, -0.15) is 5.01 Å². The number of amides is 4. The molecule has 4 aromatic rings. The Hall–Kier alpha value is -5.20. The van der Waals surface area contributed by atoms with Gasteiger partial charge in [0.15, 0.2) is 0 Å². The maximum absolute atomic E-state index is 15.4. The number of allylic oxidation sites excluding steroid dienone is 2. The van der Waals surface area contributed by atoms with Crippen LogP contribution in [0.3, 0.4) is 0 Å². The van der Waals surface area contributed by atoms with Crippen molar-refractivity contribution >= 4 is 62.5 Å². The average Bonchev–Trinajstić information content (AvgIpc) is 3.53. The van der Waals surface area contributed by atoms with Crippen LogP contribution < -0.4 is 19.8 Å². The average molecular weight is 801 g/mol. The Labute approximate surface area is 317 Å². The highest BCUT2D eigenvalue weighted by molar-refractivity contribution is 9.10. The summed E-state index contributed by atoms with van der Waals surface area (Å²) in [4.78, 5) is 60.1. The number of hydrogen-bond acceptors (Lipinski definition) is 8. The van der Waals surface area contributed by atoms with Crippen molar-refractivity contribution in [3.05, 3.63) is 123 Å². The molecule has 13 heteroatoms. The number of halogens is 3. The minimum Gasteiger partial charge on any atom is -0.508 e. The zero-order valence-corrected chi connectivity index (χ0v) is 30.7. The van der Waals surface area contributed by atoms with Gasteiger partial charge in [-0.05, 0) is 85.0 Å². The Morgan fingerprint density at radius 2 is 1.51 bits per heavy atom. The number of methoxy groups -OCH3 is 2. The molecule has 10 nitrogen and oxygen atoms in total. The zero-order chi connectivity index (χ0) is 37.3. The minimum atomic E-state index is -1.67. The SMILES string of the molecule is COc1cc(O)cc(OC)c1[C@H]1C2=CC[C@@H]3C(=O)N(c4ccc(Br)cc4)C(=O)[C@@H]3[C@@H]2C[C@H]2C(=O)N(Nc3ccc(F)cc3)C(=O)[C@@]12c1ccc(Cl)cc1. The number of ether oxygens (including phenoxy) is 2. The molecule has 6 atom stereocenters. The topological polar surface area (TPSA) is 125 Å². The molecule has 2 aliphatic heterocycles. The van der Waals surface area contributed by atoms with Crippen LogP contribution in [0.2, 0.25) is 5.02 Å². The molecule has 4 amide bonds. The first kappa shape index (κ1) is 34.9. The number of carbonyl (C=O) groups is 4. The van der Waals surface area contributed by atoms with Crippen LogP contribution in [0, 0.1) is 29.5 Å². The molecule has 0 unspecified atom stereocenters. The normalized spacial score (nSPS) is 26.2. The molecule has 3 fully saturated rings. The van der Waals surface area contributed by atoms with Gasteiger partial charge in [0, 0.05) is 33.1 Å². The van der Waals surface area contributed by atoms with E-state index in [1.165, 1.54) is 55.5 Å². The summed E-state index contributed by atoms with van der Waals surface area (Å²) in [5.41, 5.74) is 3.52. The van der Waals surface area contributed by atoms with Gasteiger partial charge < -0.3 is 14.6 Å². The van der Waals surface area contributed by atoms with E-state index in [4.69, 9.17) is 21.1 Å². The third-order valence-electron chi connectivity index (χ3n) is 11.2. The number of phenolic OH excluding ortho intramolecular Hbond substituents is 1. The molecule has 8 rings (SSSR count). The van der Waals surface area contributed by atoms with Crippen molar-refractivity contribution in [2.75, 3.05) is 24.5 Å². The lowest BCUT2D eigenvalue weighted by Crippen LogP contribution is -2.53. The molecule has 0 aromatic heterocycles. The van der Waals surface area contributed by atoms with E-state index in [2.05, 4.69) is 21.4 Å². The Balaban J connectivity index is 1.37. The van der Waals surface area contributed by atoms with E-state index in [-0.39, 0.29) is 36.0 Å². The predicted octanol–water partition coefficient (Wildman–Crippen LogP) is 7.15. The zero-order valence-electron chi connectivity index (χ0n) is 28.4. The van der Waals surface area contributed by atoms with Crippen LogP contribution in [0.5, 0.6) is 17.2 Å². The largest absolute Gasteiger partial charge is 0.508 e. The van der Waals surface area contributed by atoms with Crippen molar-refractivity contribution in [2.45, 2.75) is 24.2 Å². The number of rotatable bonds is 7. The third-order valence-corrected chi connectivity index (χ3v) is 11.9. The molecule has 2 N–H and O–H groups in total. The maximum Gasteiger partial charge on any atom is 0.260 e. The summed E-state index contributed by atoms with van der Waals surface area (Å²) in [5.74, 6) is -6.44. The van der Waals surface area contributed by atoms with Gasteiger partial charge in [-0.25, -0.2) is 4.39 Å². The second-order valence-corrected chi connectivity index (χ2v) is 15.0. The van der Waals surface area contributed by atoms with E-state index in [9.17, 15) is 23.9 Å². The molecule has 2 aliphatic carbocycles. The lowest BCUT2D eigenvalue weighted by molar-refractivity contribution is -0.138. The maximum atomic E-state index is 15.4. The number of imide groups is 2. The molecule has 2 saturated heterocycles. The van der Waals surface area contributed by atoms with Crippen molar-refractivity contribution in [1.29, 1.82) is 0 Å². The molecular weight excluding hydrogens is 769 g/mol. The number of fused-ring (bicyclic) bond motifs is 4. The van der Waals surface area contributed by atoms with Gasteiger partial charge in [0.05, 0.1) is 48.8 Å². The number of hydrogen-bond donors (Lipinski definition) is 2. The molecule has 4 aromatic carbocycles. The van der Waals surface area contributed by atoms with Crippen molar-refractivity contribution < 1.29 is 38.1 Å². The number of aromatic hydroxyl groups is 1. The summed E-state index contributed by atoms with van der Waals surface area (Å²) in [6, 6.07) is 21.7. The third kappa shape index (κ3) is 5.25. The monoisotopic (exact) mass is 799 g/mol. The number of hydrazine groups is 1. The highest BCUT2D eigenvalue weighted by atomic mass is 79.9. The second kappa shape index (κ2) is 13.0. The fourth-order valence-corrected chi connectivity index (χ4v) is 9.41. The van der Waals surface area contributed by atoms with E-state index >= 15 is 4.79 Å². The second-order valence-electron chi connectivity index (χ2n) is 13.6. The lowest BCUT2D eigenvalue weighted by Gasteiger charge is -2.51. The fraction of sp³-hybridized carbons (Fsp3) is 0.250. The summed E-state index contributed by atoms with van der Waals surface area (Å²) in [7, 11) is 2.85. The Morgan fingerprint density at radius 1 is 0.868 bits per heavy atom. The van der Waals surface area contributed by atoms with Crippen LogP contribution in [0.4, 0.5) is 15.8 Å². The fourth-order valence-electron chi connectivity index (χ4n) is 9.02. The molecule has 1 saturated carbocycles. The van der Waals surface area contributed by atoms with Crippen LogP contribution in [-0.4, -0.2) is 48.0 Å². The Kier molecular flexibility index (Phi) is 8.57. The summed E-state index contributed by atoms with van der Waals surface area (Å²) >= 11 is 9.80. The number of phenols is 1. The van der Waals surface area contributed by atoms with E-state index in [0.717, 1.165) is 9.48 Å². The van der Waals surface area contributed by atoms with E-state index in [0.29, 0.717) is 33.1 Å². The van der Waals surface area contributed by atoms with Crippen molar-refractivity contribution in [2.24, 2.45) is 23.7 Å². The first-order chi connectivity index (χ1) is 25.5. The summed E-state index contributed by atoms with van der Waals surface area (Å²) in [6.07, 6.45) is 2.17. The molecule has 0 spiro atoms. The number of anilines is 2.